The smallest absolute Gasteiger partial charge is 0.0627 e. The molecule has 88 valence electrons. The van der Waals surface area contributed by atoms with E-state index in [0.717, 1.165) is 11.8 Å². The van der Waals surface area contributed by atoms with Crippen LogP contribution in [0.1, 0.15) is 64.2 Å². The van der Waals surface area contributed by atoms with E-state index in [4.69, 9.17) is 4.74 Å². The Hall–Kier alpha value is -0.0400. The van der Waals surface area contributed by atoms with E-state index in [1.807, 2.05) is 7.11 Å². The maximum atomic E-state index is 5.83. The summed E-state index contributed by atoms with van der Waals surface area (Å²) in [5.41, 5.74) is 0. The first-order chi connectivity index (χ1) is 7.42. The van der Waals surface area contributed by atoms with Crippen LogP contribution in [-0.4, -0.2) is 13.2 Å². The summed E-state index contributed by atoms with van der Waals surface area (Å²) in [6.45, 7) is 0. The topological polar surface area (TPSA) is 9.23 Å². The summed E-state index contributed by atoms with van der Waals surface area (Å²) in [5, 5.41) is 0. The van der Waals surface area contributed by atoms with Crippen LogP contribution in [0.3, 0.4) is 0 Å². The predicted octanol–water partition coefficient (Wildman–Crippen LogP) is 4.16. The van der Waals surface area contributed by atoms with Gasteiger partial charge in [0.2, 0.25) is 0 Å². The van der Waals surface area contributed by atoms with E-state index >= 15 is 0 Å². The third kappa shape index (κ3) is 2.96. The van der Waals surface area contributed by atoms with E-state index in [2.05, 4.69) is 0 Å². The van der Waals surface area contributed by atoms with Crippen molar-refractivity contribution in [2.24, 2.45) is 11.8 Å². The summed E-state index contributed by atoms with van der Waals surface area (Å²) >= 11 is 0. The molecule has 15 heavy (non-hydrogen) atoms. The molecule has 0 heterocycles. The minimum atomic E-state index is 0.589. The third-order valence-electron chi connectivity index (χ3n) is 4.50. The van der Waals surface area contributed by atoms with Gasteiger partial charge in [0.15, 0.2) is 0 Å². The van der Waals surface area contributed by atoms with Crippen molar-refractivity contribution in [2.45, 2.75) is 70.3 Å². The standard InChI is InChI=1S/C14H26O/c1-15-14(12-8-4-2-5-9-12)13-10-6-3-7-11-13/h12-14H,2-11H2,1H3. The number of rotatable bonds is 3. The maximum Gasteiger partial charge on any atom is 0.0627 e. The van der Waals surface area contributed by atoms with E-state index in [-0.39, 0.29) is 0 Å². The number of hydrogen-bond acceptors (Lipinski definition) is 1. The molecular weight excluding hydrogens is 184 g/mol. The molecule has 0 aliphatic heterocycles. The van der Waals surface area contributed by atoms with Crippen molar-refractivity contribution in [3.05, 3.63) is 0 Å². The Balaban J connectivity index is 1.88. The van der Waals surface area contributed by atoms with Gasteiger partial charge >= 0.3 is 0 Å². The second-order valence-electron chi connectivity index (χ2n) is 5.50. The van der Waals surface area contributed by atoms with E-state index in [1.54, 1.807) is 0 Å². The van der Waals surface area contributed by atoms with Crippen molar-refractivity contribution in [1.29, 1.82) is 0 Å². The Morgan fingerprint density at radius 2 is 1.13 bits per heavy atom. The lowest BCUT2D eigenvalue weighted by Crippen LogP contribution is -2.33. The van der Waals surface area contributed by atoms with Crippen LogP contribution in [-0.2, 0) is 4.74 Å². The van der Waals surface area contributed by atoms with E-state index in [9.17, 15) is 0 Å². The lowest BCUT2D eigenvalue weighted by atomic mass is 9.75. The first kappa shape index (κ1) is 11.4. The summed E-state index contributed by atoms with van der Waals surface area (Å²) in [6.07, 6.45) is 15.0. The highest BCUT2D eigenvalue weighted by atomic mass is 16.5. The van der Waals surface area contributed by atoms with Gasteiger partial charge in [0.25, 0.3) is 0 Å². The molecule has 0 saturated heterocycles. The van der Waals surface area contributed by atoms with Gasteiger partial charge in [-0.15, -0.1) is 0 Å². The summed E-state index contributed by atoms with van der Waals surface area (Å²) in [7, 11) is 1.94. The molecule has 0 aromatic heterocycles. The highest BCUT2D eigenvalue weighted by Crippen LogP contribution is 2.36. The highest BCUT2D eigenvalue weighted by molar-refractivity contribution is 4.82. The zero-order chi connectivity index (χ0) is 10.5. The zero-order valence-electron chi connectivity index (χ0n) is 10.2. The minimum absolute atomic E-state index is 0.589. The Morgan fingerprint density at radius 1 is 0.733 bits per heavy atom. The van der Waals surface area contributed by atoms with Crippen molar-refractivity contribution in [3.8, 4) is 0 Å². The van der Waals surface area contributed by atoms with Gasteiger partial charge in [-0.2, -0.15) is 0 Å². The van der Waals surface area contributed by atoms with Crippen molar-refractivity contribution in [2.75, 3.05) is 7.11 Å². The van der Waals surface area contributed by atoms with Gasteiger partial charge in [-0.05, 0) is 37.5 Å². The molecule has 1 nitrogen and oxygen atoms in total. The molecule has 1 heteroatoms. The number of methoxy groups -OCH3 is 1. The van der Waals surface area contributed by atoms with Gasteiger partial charge in [-0.1, -0.05) is 38.5 Å². The van der Waals surface area contributed by atoms with E-state index < -0.39 is 0 Å². The Bertz CT molecular complexity index is 148. The van der Waals surface area contributed by atoms with Crippen molar-refractivity contribution in [3.63, 3.8) is 0 Å². The molecule has 0 radical (unpaired) electrons. The summed E-state index contributed by atoms with van der Waals surface area (Å²) < 4.78 is 5.83. The molecule has 0 atom stereocenters. The summed E-state index contributed by atoms with van der Waals surface area (Å²) in [5.74, 6) is 1.76. The maximum absolute atomic E-state index is 5.83. The monoisotopic (exact) mass is 210 g/mol. The van der Waals surface area contributed by atoms with Crippen molar-refractivity contribution in [1.82, 2.24) is 0 Å². The van der Waals surface area contributed by atoms with Gasteiger partial charge in [-0.3, -0.25) is 0 Å². The molecule has 0 aromatic rings. The molecule has 2 aliphatic carbocycles. The van der Waals surface area contributed by atoms with Crippen LogP contribution in [0, 0.1) is 11.8 Å². The fourth-order valence-electron chi connectivity index (χ4n) is 3.70. The molecule has 0 spiro atoms. The van der Waals surface area contributed by atoms with Crippen LogP contribution < -0.4 is 0 Å². The quantitative estimate of drug-likeness (QED) is 0.679. The molecule has 2 rings (SSSR count). The van der Waals surface area contributed by atoms with Crippen LogP contribution in [0.2, 0.25) is 0 Å². The van der Waals surface area contributed by atoms with Gasteiger partial charge in [0, 0.05) is 7.11 Å². The van der Waals surface area contributed by atoms with Crippen LogP contribution in [0.15, 0.2) is 0 Å². The first-order valence-corrected chi connectivity index (χ1v) is 6.94. The van der Waals surface area contributed by atoms with E-state index in [1.165, 1.54) is 64.2 Å². The Labute approximate surface area is 94.6 Å². The second-order valence-corrected chi connectivity index (χ2v) is 5.50. The minimum Gasteiger partial charge on any atom is -0.381 e. The Kier molecular flexibility index (Phi) is 4.49. The highest BCUT2D eigenvalue weighted by Gasteiger charge is 2.31. The van der Waals surface area contributed by atoms with Gasteiger partial charge < -0.3 is 4.74 Å². The second kappa shape index (κ2) is 5.89. The molecule has 2 saturated carbocycles. The average Bonchev–Trinajstić information content (AvgIpc) is 2.33. The van der Waals surface area contributed by atoms with E-state index in [0.29, 0.717) is 6.10 Å². The zero-order valence-corrected chi connectivity index (χ0v) is 10.2. The predicted molar refractivity (Wildman–Crippen MR) is 63.9 cm³/mol. The van der Waals surface area contributed by atoms with Crippen LogP contribution in [0.5, 0.6) is 0 Å². The van der Waals surface area contributed by atoms with Crippen molar-refractivity contribution >= 4 is 0 Å². The lowest BCUT2D eigenvalue weighted by Gasteiger charge is -2.36. The fourth-order valence-corrected chi connectivity index (χ4v) is 3.70. The third-order valence-corrected chi connectivity index (χ3v) is 4.50. The number of ether oxygens (including phenoxy) is 1. The largest absolute Gasteiger partial charge is 0.381 e. The molecule has 0 N–H and O–H groups in total. The van der Waals surface area contributed by atoms with Crippen molar-refractivity contribution < 1.29 is 4.74 Å². The van der Waals surface area contributed by atoms with Crippen LogP contribution in [0.4, 0.5) is 0 Å². The lowest BCUT2D eigenvalue weighted by molar-refractivity contribution is -0.0181. The summed E-state index contributed by atoms with van der Waals surface area (Å²) in [6, 6.07) is 0. The molecule has 0 bridgehead atoms. The van der Waals surface area contributed by atoms with Gasteiger partial charge in [0.1, 0.15) is 0 Å². The fraction of sp³-hybridized carbons (Fsp3) is 1.00. The SMILES string of the molecule is COC(C1CCCCC1)C1CCCCC1. The summed E-state index contributed by atoms with van der Waals surface area (Å²) in [4.78, 5) is 0. The molecule has 0 aromatic carbocycles. The average molecular weight is 210 g/mol. The van der Waals surface area contributed by atoms with Crippen LogP contribution >= 0.6 is 0 Å². The molecule has 2 aliphatic rings. The van der Waals surface area contributed by atoms with Gasteiger partial charge in [0.05, 0.1) is 6.10 Å². The molecule has 0 unspecified atom stereocenters. The first-order valence-electron chi connectivity index (χ1n) is 6.94. The molecule has 0 amide bonds. The van der Waals surface area contributed by atoms with Crippen LogP contribution in [0.25, 0.3) is 0 Å². The van der Waals surface area contributed by atoms with Gasteiger partial charge in [-0.25, -0.2) is 0 Å². The molecular formula is C14H26O. The Morgan fingerprint density at radius 3 is 1.47 bits per heavy atom. The normalized spacial score (nSPS) is 26.0. The molecule has 2 fully saturated rings. The number of hydrogen-bond donors (Lipinski definition) is 0.